The van der Waals surface area contributed by atoms with E-state index >= 15 is 0 Å². The van der Waals surface area contributed by atoms with Crippen LogP contribution < -0.4 is 5.11 Å². The van der Waals surface area contributed by atoms with Crippen LogP contribution >= 0.6 is 0 Å². The van der Waals surface area contributed by atoms with Gasteiger partial charge in [-0.05, 0) is 12.8 Å². The normalized spacial score (nSPS) is 31.2. The van der Waals surface area contributed by atoms with E-state index in [4.69, 9.17) is 4.74 Å². The van der Waals surface area contributed by atoms with Crippen LogP contribution in [0.15, 0.2) is 0 Å². The second kappa shape index (κ2) is 4.18. The van der Waals surface area contributed by atoms with Crippen molar-refractivity contribution >= 4 is 11.9 Å². The number of rotatable bonds is 3. The number of hydrogen-bond donors (Lipinski definition) is 0. The summed E-state index contributed by atoms with van der Waals surface area (Å²) in [6, 6.07) is 0. The molecule has 2 saturated heterocycles. The molecule has 2 rings (SSSR count). The third kappa shape index (κ3) is 2.28. The van der Waals surface area contributed by atoms with Gasteiger partial charge >= 0.3 is 0 Å². The maximum absolute atomic E-state index is 11.5. The van der Waals surface area contributed by atoms with E-state index in [9.17, 15) is 14.7 Å². The van der Waals surface area contributed by atoms with Gasteiger partial charge in [0.2, 0.25) is 5.91 Å². The van der Waals surface area contributed by atoms with Crippen LogP contribution in [0.5, 0.6) is 0 Å². The predicted molar refractivity (Wildman–Crippen MR) is 48.7 cm³/mol. The molecule has 84 valence electrons. The van der Waals surface area contributed by atoms with Crippen LogP contribution in [0.2, 0.25) is 0 Å². The summed E-state index contributed by atoms with van der Waals surface area (Å²) in [6.07, 6.45) is 2.15. The van der Waals surface area contributed by atoms with E-state index in [-0.39, 0.29) is 25.0 Å². The largest absolute Gasteiger partial charge is 0.550 e. The number of carbonyl (C=O) groups is 2. The molecule has 2 aliphatic rings. The number of likely N-dealkylation sites (tertiary alicyclic amines) is 1. The van der Waals surface area contributed by atoms with Crippen LogP contribution in [0.4, 0.5) is 0 Å². The number of ether oxygens (including phenoxy) is 1. The Hall–Kier alpha value is -1.10. The van der Waals surface area contributed by atoms with Gasteiger partial charge in [0.1, 0.15) is 0 Å². The van der Waals surface area contributed by atoms with Gasteiger partial charge in [-0.2, -0.15) is 0 Å². The molecule has 2 heterocycles. The molecule has 0 aromatic carbocycles. The van der Waals surface area contributed by atoms with Crippen LogP contribution in [-0.4, -0.2) is 42.6 Å². The molecule has 0 bridgehead atoms. The lowest BCUT2D eigenvalue weighted by Gasteiger charge is -2.20. The summed E-state index contributed by atoms with van der Waals surface area (Å²) in [6.45, 7) is 1.56. The zero-order valence-corrected chi connectivity index (χ0v) is 8.48. The fourth-order valence-corrected chi connectivity index (χ4v) is 2.14. The Bertz CT molecular complexity index is 273. The third-order valence-electron chi connectivity index (χ3n) is 3.00. The van der Waals surface area contributed by atoms with Gasteiger partial charge in [0.15, 0.2) is 0 Å². The van der Waals surface area contributed by atoms with Crippen molar-refractivity contribution in [1.82, 2.24) is 4.90 Å². The van der Waals surface area contributed by atoms with Crippen LogP contribution in [0, 0.1) is 5.92 Å². The monoisotopic (exact) mass is 212 g/mol. The number of amides is 1. The number of carbonyl (C=O) groups excluding carboxylic acids is 2. The Kier molecular flexibility index (Phi) is 2.90. The summed E-state index contributed by atoms with van der Waals surface area (Å²) >= 11 is 0. The Morgan fingerprint density at radius 3 is 2.93 bits per heavy atom. The molecule has 5 heteroatoms. The quantitative estimate of drug-likeness (QED) is 0.587. The van der Waals surface area contributed by atoms with Gasteiger partial charge in [0, 0.05) is 38.0 Å². The lowest BCUT2D eigenvalue weighted by atomic mass is 10.1. The van der Waals surface area contributed by atoms with Gasteiger partial charge in [-0.1, -0.05) is 0 Å². The van der Waals surface area contributed by atoms with Crippen molar-refractivity contribution in [3.05, 3.63) is 0 Å². The molecule has 0 unspecified atom stereocenters. The lowest BCUT2D eigenvalue weighted by molar-refractivity contribution is -0.311. The Balaban J connectivity index is 1.87. The van der Waals surface area contributed by atoms with Gasteiger partial charge in [-0.15, -0.1) is 0 Å². The molecule has 0 aromatic heterocycles. The molecule has 2 atom stereocenters. The van der Waals surface area contributed by atoms with E-state index in [1.54, 1.807) is 4.90 Å². The molecule has 0 radical (unpaired) electrons. The average Bonchev–Trinajstić information content (AvgIpc) is 2.77. The number of aliphatic carboxylic acids is 1. The van der Waals surface area contributed by atoms with E-state index in [2.05, 4.69) is 0 Å². The van der Waals surface area contributed by atoms with Gasteiger partial charge in [0.05, 0.1) is 6.10 Å². The van der Waals surface area contributed by atoms with Crippen molar-refractivity contribution in [3.63, 3.8) is 0 Å². The second-order valence-electron chi connectivity index (χ2n) is 4.15. The Labute approximate surface area is 88.0 Å². The topological polar surface area (TPSA) is 69.7 Å². The molecule has 2 fully saturated rings. The summed E-state index contributed by atoms with van der Waals surface area (Å²) in [5.74, 6) is -1.86. The van der Waals surface area contributed by atoms with Crippen molar-refractivity contribution in [2.45, 2.75) is 25.4 Å². The molecule has 0 saturated carbocycles. The molecule has 5 nitrogen and oxygen atoms in total. The summed E-state index contributed by atoms with van der Waals surface area (Å²) in [7, 11) is 0. The number of nitrogens with zero attached hydrogens (tertiary/aromatic N) is 1. The fourth-order valence-electron chi connectivity index (χ4n) is 2.14. The lowest BCUT2D eigenvalue weighted by Crippen LogP contribution is -2.36. The first-order valence-corrected chi connectivity index (χ1v) is 5.27. The standard InChI is InChI=1S/C10H15NO4/c12-9-4-7(10(13)14)5-11(9)6-8-2-1-3-15-8/h7-8H,1-6H2,(H,13,14)/p-1/t7-,8+/m0/s1. The SMILES string of the molecule is O=C([O-])[C@H]1CC(=O)N(C[C@H]2CCCO2)C1. The fraction of sp³-hybridized carbons (Fsp3) is 0.800. The zero-order valence-electron chi connectivity index (χ0n) is 8.48. The van der Waals surface area contributed by atoms with E-state index in [0.717, 1.165) is 19.4 Å². The summed E-state index contributed by atoms with van der Waals surface area (Å²) in [5, 5.41) is 10.6. The molecule has 0 aromatic rings. The summed E-state index contributed by atoms with van der Waals surface area (Å²) < 4.78 is 5.40. The number of carboxylic acid groups (broad SMARTS) is 1. The van der Waals surface area contributed by atoms with E-state index < -0.39 is 11.9 Å². The minimum Gasteiger partial charge on any atom is -0.550 e. The Morgan fingerprint density at radius 1 is 1.60 bits per heavy atom. The summed E-state index contributed by atoms with van der Waals surface area (Å²) in [5.41, 5.74) is 0. The molecule has 15 heavy (non-hydrogen) atoms. The molecular weight excluding hydrogens is 198 g/mol. The first kappa shape index (κ1) is 10.4. The van der Waals surface area contributed by atoms with Crippen LogP contribution in [0.3, 0.4) is 0 Å². The maximum Gasteiger partial charge on any atom is 0.223 e. The highest BCUT2D eigenvalue weighted by Gasteiger charge is 2.32. The van der Waals surface area contributed by atoms with Gasteiger partial charge in [-0.25, -0.2) is 0 Å². The summed E-state index contributed by atoms with van der Waals surface area (Å²) in [4.78, 5) is 23.6. The van der Waals surface area contributed by atoms with Crippen LogP contribution in [0.25, 0.3) is 0 Å². The van der Waals surface area contributed by atoms with Crippen molar-refractivity contribution in [2.24, 2.45) is 5.92 Å². The van der Waals surface area contributed by atoms with Gasteiger partial charge < -0.3 is 19.5 Å². The van der Waals surface area contributed by atoms with Crippen LogP contribution in [0.1, 0.15) is 19.3 Å². The highest BCUT2D eigenvalue weighted by molar-refractivity contribution is 5.85. The van der Waals surface area contributed by atoms with E-state index in [1.807, 2.05) is 0 Å². The minimum atomic E-state index is -1.13. The van der Waals surface area contributed by atoms with Crippen molar-refractivity contribution in [3.8, 4) is 0 Å². The molecule has 0 N–H and O–H groups in total. The smallest absolute Gasteiger partial charge is 0.223 e. The van der Waals surface area contributed by atoms with Gasteiger partial charge in [-0.3, -0.25) is 4.79 Å². The van der Waals surface area contributed by atoms with E-state index in [1.165, 1.54) is 0 Å². The highest BCUT2D eigenvalue weighted by Crippen LogP contribution is 2.20. The average molecular weight is 212 g/mol. The molecular formula is C10H14NO4-. The first-order valence-electron chi connectivity index (χ1n) is 5.27. The second-order valence-corrected chi connectivity index (χ2v) is 4.15. The molecule has 2 aliphatic heterocycles. The number of hydrogen-bond acceptors (Lipinski definition) is 4. The maximum atomic E-state index is 11.5. The number of carboxylic acids is 1. The van der Waals surface area contributed by atoms with Crippen molar-refractivity contribution in [1.29, 1.82) is 0 Å². The third-order valence-corrected chi connectivity index (χ3v) is 3.00. The molecule has 1 amide bonds. The first-order chi connectivity index (χ1) is 7.16. The van der Waals surface area contributed by atoms with Crippen LogP contribution in [-0.2, 0) is 14.3 Å². The molecule has 0 aliphatic carbocycles. The Morgan fingerprint density at radius 2 is 2.40 bits per heavy atom. The van der Waals surface area contributed by atoms with Crippen molar-refractivity contribution in [2.75, 3.05) is 19.7 Å². The predicted octanol–water partition coefficient (Wildman–Crippen LogP) is -1.24. The minimum absolute atomic E-state index is 0.0784. The van der Waals surface area contributed by atoms with E-state index in [0.29, 0.717) is 6.54 Å². The molecule has 0 spiro atoms. The van der Waals surface area contributed by atoms with Crippen molar-refractivity contribution < 1.29 is 19.4 Å². The zero-order chi connectivity index (χ0) is 10.8. The highest BCUT2D eigenvalue weighted by atomic mass is 16.5. The van der Waals surface area contributed by atoms with Gasteiger partial charge in [0.25, 0.3) is 0 Å².